The van der Waals surface area contributed by atoms with Gasteiger partial charge in [-0.1, -0.05) is 12.1 Å². The molecule has 1 amide bonds. The highest BCUT2D eigenvalue weighted by Crippen LogP contribution is 2.19. The normalized spacial score (nSPS) is 12.5. The number of halogens is 1. The second-order valence-electron chi connectivity index (χ2n) is 5.38. The molecule has 0 bridgehead atoms. The minimum Gasteiger partial charge on any atom is -0.344 e. The minimum atomic E-state index is -3.46. The van der Waals surface area contributed by atoms with Gasteiger partial charge in [-0.15, -0.1) is 23.7 Å². The lowest BCUT2D eigenvalue weighted by Crippen LogP contribution is -2.27. The van der Waals surface area contributed by atoms with Gasteiger partial charge in [-0.3, -0.25) is 4.79 Å². The molecule has 7 nitrogen and oxygen atoms in total. The molecule has 1 unspecified atom stereocenters. The Balaban J connectivity index is 0.00000312. The van der Waals surface area contributed by atoms with E-state index in [-0.39, 0.29) is 29.3 Å². The van der Waals surface area contributed by atoms with Gasteiger partial charge in [0.05, 0.1) is 10.9 Å². The number of nitrogens with one attached hydrogen (secondary N) is 1. The predicted octanol–water partition coefficient (Wildman–Crippen LogP) is 1.76. The van der Waals surface area contributed by atoms with E-state index in [1.807, 2.05) is 6.92 Å². The molecular formula is C15H21ClN4O3S2. The zero-order valence-electron chi connectivity index (χ0n) is 14.1. The molecule has 138 valence electrons. The second-order valence-corrected chi connectivity index (χ2v) is 8.48. The topological polar surface area (TPSA) is 105 Å². The molecule has 0 radical (unpaired) electrons. The molecule has 0 fully saturated rings. The Hall–Kier alpha value is -1.52. The fourth-order valence-electron chi connectivity index (χ4n) is 2.00. The first-order valence-corrected chi connectivity index (χ1v) is 9.55. The maximum atomic E-state index is 12.2. The van der Waals surface area contributed by atoms with Crippen molar-refractivity contribution < 1.29 is 13.2 Å². The smallest absolute Gasteiger partial charge is 0.271 e. The summed E-state index contributed by atoms with van der Waals surface area (Å²) in [6.07, 6.45) is 0. The highest BCUT2D eigenvalue weighted by Gasteiger charge is 2.18. The summed E-state index contributed by atoms with van der Waals surface area (Å²) in [4.78, 5) is 16.5. The van der Waals surface area contributed by atoms with E-state index in [4.69, 9.17) is 5.73 Å². The molecule has 3 N–H and O–H groups in total. The van der Waals surface area contributed by atoms with E-state index in [1.165, 1.54) is 37.6 Å². The van der Waals surface area contributed by atoms with Crippen LogP contribution in [-0.4, -0.2) is 37.7 Å². The molecular weight excluding hydrogens is 384 g/mol. The van der Waals surface area contributed by atoms with Gasteiger partial charge in [-0.2, -0.15) is 0 Å². The molecule has 0 aliphatic heterocycles. The van der Waals surface area contributed by atoms with Gasteiger partial charge in [0.15, 0.2) is 0 Å². The third-order valence-corrected chi connectivity index (χ3v) is 6.17. The maximum absolute atomic E-state index is 12.2. The number of rotatable bonds is 6. The van der Waals surface area contributed by atoms with Crippen molar-refractivity contribution >= 4 is 39.7 Å². The predicted molar refractivity (Wildman–Crippen MR) is 100 cm³/mol. The van der Waals surface area contributed by atoms with Gasteiger partial charge in [0.1, 0.15) is 10.7 Å². The van der Waals surface area contributed by atoms with Crippen LogP contribution in [-0.2, 0) is 16.6 Å². The number of hydrogen-bond donors (Lipinski definition) is 2. The summed E-state index contributed by atoms with van der Waals surface area (Å²) in [6, 6.07) is 6.16. The average molecular weight is 405 g/mol. The number of carbonyl (C=O) groups excluding carboxylic acids is 1. The molecule has 2 aromatic rings. The van der Waals surface area contributed by atoms with Crippen molar-refractivity contribution in [3.63, 3.8) is 0 Å². The highest BCUT2D eigenvalue weighted by molar-refractivity contribution is 7.89. The lowest BCUT2D eigenvalue weighted by atomic mass is 10.1. The van der Waals surface area contributed by atoms with Gasteiger partial charge in [0.2, 0.25) is 10.0 Å². The molecule has 25 heavy (non-hydrogen) atoms. The van der Waals surface area contributed by atoms with Crippen LogP contribution in [0.15, 0.2) is 34.5 Å². The molecule has 0 saturated carbocycles. The van der Waals surface area contributed by atoms with Crippen molar-refractivity contribution in [2.45, 2.75) is 24.4 Å². The molecule has 1 aromatic heterocycles. The Morgan fingerprint density at radius 3 is 2.40 bits per heavy atom. The van der Waals surface area contributed by atoms with Gasteiger partial charge < -0.3 is 11.1 Å². The maximum Gasteiger partial charge on any atom is 0.271 e. The number of aromatic nitrogens is 1. The molecule has 10 heteroatoms. The summed E-state index contributed by atoms with van der Waals surface area (Å²) in [5.41, 5.74) is 6.62. The Morgan fingerprint density at radius 1 is 1.32 bits per heavy atom. The number of carbonyl (C=O) groups is 1. The quantitative estimate of drug-likeness (QED) is 0.763. The van der Waals surface area contributed by atoms with Crippen molar-refractivity contribution in [3.8, 4) is 0 Å². The number of thiazole rings is 1. The molecule has 1 aromatic carbocycles. The lowest BCUT2D eigenvalue weighted by molar-refractivity contribution is 0.0935. The third-order valence-electron chi connectivity index (χ3n) is 3.47. The number of amides is 1. The van der Waals surface area contributed by atoms with Crippen LogP contribution in [0.25, 0.3) is 0 Å². The number of sulfonamides is 1. The van der Waals surface area contributed by atoms with Crippen LogP contribution in [0.2, 0.25) is 0 Å². The zero-order chi connectivity index (χ0) is 17.9. The summed E-state index contributed by atoms with van der Waals surface area (Å²) in [7, 11) is -0.497. The molecule has 0 aliphatic carbocycles. The number of benzene rings is 1. The molecule has 1 atom stereocenters. The van der Waals surface area contributed by atoms with Gasteiger partial charge in [0, 0.05) is 26.0 Å². The molecule has 2 rings (SSSR count). The lowest BCUT2D eigenvalue weighted by Gasteiger charge is -2.15. The largest absolute Gasteiger partial charge is 0.344 e. The summed E-state index contributed by atoms with van der Waals surface area (Å²) in [6.45, 7) is 2.12. The van der Waals surface area contributed by atoms with Crippen LogP contribution in [0.5, 0.6) is 0 Å². The van der Waals surface area contributed by atoms with E-state index in [1.54, 1.807) is 17.5 Å². The Morgan fingerprint density at radius 2 is 1.92 bits per heavy atom. The van der Waals surface area contributed by atoms with Gasteiger partial charge in [-0.25, -0.2) is 17.7 Å². The van der Waals surface area contributed by atoms with E-state index in [2.05, 4.69) is 10.3 Å². The number of hydrogen-bond acceptors (Lipinski definition) is 6. The van der Waals surface area contributed by atoms with Gasteiger partial charge in [0.25, 0.3) is 5.91 Å². The monoisotopic (exact) mass is 404 g/mol. The zero-order valence-corrected chi connectivity index (χ0v) is 16.5. The first-order chi connectivity index (χ1) is 11.3. The van der Waals surface area contributed by atoms with Crippen molar-refractivity contribution in [1.82, 2.24) is 14.6 Å². The summed E-state index contributed by atoms with van der Waals surface area (Å²) < 4.78 is 25.2. The van der Waals surface area contributed by atoms with E-state index >= 15 is 0 Å². The standard InChI is InChI=1S/C15H20N4O3S2.ClH/c1-10(17-15(20)13-9-23-14(8-16)18-13)11-4-6-12(7-5-11)24(21,22)19(2)3;/h4-7,9-10H,8,16H2,1-3H3,(H,17,20);1H. The van der Waals surface area contributed by atoms with Crippen LogP contribution in [0, 0.1) is 0 Å². The minimum absolute atomic E-state index is 0. The van der Waals surface area contributed by atoms with Crippen molar-refractivity contribution in [2.75, 3.05) is 14.1 Å². The Kier molecular flexibility index (Phi) is 7.51. The fraction of sp³-hybridized carbons (Fsp3) is 0.333. The molecule has 1 heterocycles. The molecule has 0 saturated heterocycles. The first kappa shape index (κ1) is 21.5. The van der Waals surface area contributed by atoms with Crippen LogP contribution < -0.4 is 11.1 Å². The van der Waals surface area contributed by atoms with E-state index in [0.29, 0.717) is 17.2 Å². The van der Waals surface area contributed by atoms with Crippen molar-refractivity contribution in [2.24, 2.45) is 5.73 Å². The average Bonchev–Trinajstić information content (AvgIpc) is 3.04. The summed E-state index contributed by atoms with van der Waals surface area (Å²) >= 11 is 1.34. The SMILES string of the molecule is CC(NC(=O)c1csc(CN)n1)c1ccc(S(=O)(=O)N(C)C)cc1.Cl. The van der Waals surface area contributed by atoms with E-state index < -0.39 is 10.0 Å². The van der Waals surface area contributed by atoms with Crippen molar-refractivity contribution in [1.29, 1.82) is 0 Å². The summed E-state index contributed by atoms with van der Waals surface area (Å²) in [5.74, 6) is -0.288. The van der Waals surface area contributed by atoms with Gasteiger partial charge in [-0.05, 0) is 24.6 Å². The fourth-order valence-corrected chi connectivity index (χ4v) is 3.56. The number of nitrogens with zero attached hydrogens (tertiary/aromatic N) is 2. The highest BCUT2D eigenvalue weighted by atomic mass is 35.5. The van der Waals surface area contributed by atoms with Crippen LogP contribution >= 0.6 is 23.7 Å². The van der Waals surface area contributed by atoms with Crippen LogP contribution in [0.1, 0.15) is 34.0 Å². The van der Waals surface area contributed by atoms with Crippen LogP contribution in [0.4, 0.5) is 0 Å². The van der Waals surface area contributed by atoms with Gasteiger partial charge >= 0.3 is 0 Å². The first-order valence-electron chi connectivity index (χ1n) is 7.23. The summed E-state index contributed by atoms with van der Waals surface area (Å²) in [5, 5.41) is 5.20. The van der Waals surface area contributed by atoms with Crippen LogP contribution in [0.3, 0.4) is 0 Å². The Labute approximate surface area is 157 Å². The molecule has 0 aliphatic rings. The second kappa shape index (κ2) is 8.72. The number of nitrogens with two attached hydrogens (primary N) is 1. The molecule has 0 spiro atoms. The van der Waals surface area contributed by atoms with E-state index in [0.717, 1.165) is 9.87 Å². The van der Waals surface area contributed by atoms with Crippen molar-refractivity contribution in [3.05, 3.63) is 45.9 Å². The third kappa shape index (κ3) is 4.99. The van der Waals surface area contributed by atoms with E-state index in [9.17, 15) is 13.2 Å². The Bertz CT molecular complexity index is 820.